The third kappa shape index (κ3) is 10.7. The van der Waals surface area contributed by atoms with Crippen LogP contribution in [0.1, 0.15) is 83.8 Å². The minimum absolute atomic E-state index is 0. The molecule has 2 aromatic carbocycles. The molecule has 2 aromatic rings. The Balaban J connectivity index is 0.00000351. The summed E-state index contributed by atoms with van der Waals surface area (Å²) in [6, 6.07) is 16.6. The summed E-state index contributed by atoms with van der Waals surface area (Å²) >= 11 is 7.13. The molecular formula is C38H47ClN2Na2O6S2. The zero-order valence-electron chi connectivity index (χ0n) is 30.8. The number of anilines is 2. The fourth-order valence-electron chi connectivity index (χ4n) is 7.66. The standard InChI is InChI=1S/C38H49ClN2O6S2.2Na/c1-37(2)30-16-5-7-18-32(30)40(24-9-11-26-48(42,43)44)34(37)22-20-28-14-13-15-29(36(28)39)21-23-35-38(3,4)31-17-6-8-19-33(31)41(35)25-10-12-27-49(45,46)47;;/h5-8,16-23,34H,9-15,24-27H2,1-4H3,(H,42,43,44)(H,45,46,47);;/q;2*+1/p-2/b22-20+,29-21+,35-23+;;. The number of fused-ring (bicyclic) bond motifs is 2. The molecular weight excluding hydrogens is 726 g/mol. The largest absolute Gasteiger partial charge is 1.00 e. The van der Waals surface area contributed by atoms with Crippen molar-refractivity contribution in [3.63, 3.8) is 0 Å². The van der Waals surface area contributed by atoms with Gasteiger partial charge in [0, 0.05) is 57.5 Å². The molecule has 3 aliphatic rings. The predicted octanol–water partition coefficient (Wildman–Crippen LogP) is 1.65. The van der Waals surface area contributed by atoms with Crippen molar-refractivity contribution in [2.24, 2.45) is 0 Å². The molecule has 8 nitrogen and oxygen atoms in total. The van der Waals surface area contributed by atoms with Gasteiger partial charge in [-0.1, -0.05) is 93.9 Å². The van der Waals surface area contributed by atoms with Gasteiger partial charge in [0.05, 0.1) is 26.3 Å². The average Bonchev–Trinajstić information content (AvgIpc) is 3.37. The predicted molar refractivity (Wildman–Crippen MR) is 197 cm³/mol. The number of unbranched alkanes of at least 4 members (excludes halogenated alkanes) is 2. The van der Waals surface area contributed by atoms with Crippen LogP contribution in [0.5, 0.6) is 0 Å². The third-order valence-electron chi connectivity index (χ3n) is 10.2. The van der Waals surface area contributed by atoms with Crippen molar-refractivity contribution in [3.05, 3.63) is 106 Å². The van der Waals surface area contributed by atoms with E-state index in [4.69, 9.17) is 11.6 Å². The first-order valence-electron chi connectivity index (χ1n) is 17.1. The summed E-state index contributed by atoms with van der Waals surface area (Å²) < 4.78 is 67.2. The van der Waals surface area contributed by atoms with Crippen molar-refractivity contribution < 1.29 is 85.1 Å². The molecule has 51 heavy (non-hydrogen) atoms. The smallest absolute Gasteiger partial charge is 0.748 e. The minimum atomic E-state index is -4.25. The summed E-state index contributed by atoms with van der Waals surface area (Å²) in [4.78, 5) is 4.56. The maximum atomic E-state index is 11.2. The topological polar surface area (TPSA) is 121 Å². The van der Waals surface area contributed by atoms with Crippen molar-refractivity contribution in [3.8, 4) is 0 Å². The number of hydrogen-bond donors (Lipinski definition) is 0. The Morgan fingerprint density at radius 2 is 1.35 bits per heavy atom. The van der Waals surface area contributed by atoms with Crippen LogP contribution in [0.15, 0.2) is 94.7 Å². The summed E-state index contributed by atoms with van der Waals surface area (Å²) in [5, 5.41) is 0.750. The van der Waals surface area contributed by atoms with Gasteiger partial charge in [-0.05, 0) is 85.4 Å². The van der Waals surface area contributed by atoms with E-state index in [-0.39, 0.29) is 87.5 Å². The monoisotopic (exact) mass is 772 g/mol. The van der Waals surface area contributed by atoms with E-state index < -0.39 is 20.2 Å². The van der Waals surface area contributed by atoms with Crippen LogP contribution in [0, 0.1) is 0 Å². The fourth-order valence-corrected chi connectivity index (χ4v) is 9.09. The van der Waals surface area contributed by atoms with Crippen LogP contribution >= 0.6 is 11.6 Å². The molecule has 0 aromatic heterocycles. The van der Waals surface area contributed by atoms with Crippen LogP contribution in [-0.2, 0) is 31.1 Å². The summed E-state index contributed by atoms with van der Waals surface area (Å²) in [5.74, 6) is -0.716. The molecule has 13 heteroatoms. The van der Waals surface area contributed by atoms with E-state index in [2.05, 4.69) is 86.1 Å². The molecule has 2 heterocycles. The van der Waals surface area contributed by atoms with Gasteiger partial charge in [-0.25, -0.2) is 16.8 Å². The van der Waals surface area contributed by atoms with Crippen LogP contribution < -0.4 is 68.9 Å². The minimum Gasteiger partial charge on any atom is -0.748 e. The molecule has 0 N–H and O–H groups in total. The van der Waals surface area contributed by atoms with Crippen molar-refractivity contribution in [2.45, 2.75) is 89.5 Å². The van der Waals surface area contributed by atoms with Crippen LogP contribution in [0.2, 0.25) is 0 Å². The first kappa shape index (κ1) is 44.5. The molecule has 1 aliphatic carbocycles. The number of nitrogens with zero attached hydrogens (tertiary/aromatic N) is 2. The summed E-state index contributed by atoms with van der Waals surface area (Å²) in [5.41, 5.74) is 7.41. The van der Waals surface area contributed by atoms with E-state index in [1.54, 1.807) is 0 Å². The third-order valence-corrected chi connectivity index (χ3v) is 12.3. The van der Waals surface area contributed by atoms with Crippen LogP contribution in [0.25, 0.3) is 0 Å². The van der Waals surface area contributed by atoms with E-state index in [0.29, 0.717) is 38.8 Å². The first-order chi connectivity index (χ1) is 23.0. The Morgan fingerprint density at radius 3 is 1.98 bits per heavy atom. The number of allylic oxidation sites excluding steroid dienone is 7. The van der Waals surface area contributed by atoms with Gasteiger partial charge in [-0.3, -0.25) is 0 Å². The normalized spacial score (nSPS) is 21.2. The molecule has 0 amide bonds. The van der Waals surface area contributed by atoms with E-state index in [9.17, 15) is 25.9 Å². The van der Waals surface area contributed by atoms with Crippen molar-refractivity contribution in [1.29, 1.82) is 0 Å². The maximum absolute atomic E-state index is 11.2. The number of benzene rings is 2. The van der Waals surface area contributed by atoms with Gasteiger partial charge in [-0.15, -0.1) is 0 Å². The maximum Gasteiger partial charge on any atom is 1.00 e. The molecule has 5 rings (SSSR count). The molecule has 1 unspecified atom stereocenters. The quantitative estimate of drug-likeness (QED) is 0.171. The molecule has 0 saturated carbocycles. The summed E-state index contributed by atoms with van der Waals surface area (Å²) in [6.45, 7) is 10.1. The Kier molecular flexibility index (Phi) is 15.9. The molecule has 1 atom stereocenters. The second-order valence-corrected chi connectivity index (χ2v) is 17.8. The zero-order valence-corrected chi connectivity index (χ0v) is 37.2. The molecule has 0 spiro atoms. The molecule has 2 aliphatic heterocycles. The summed E-state index contributed by atoms with van der Waals surface area (Å²) in [7, 11) is -8.49. The molecule has 0 fully saturated rings. The number of hydrogen-bond acceptors (Lipinski definition) is 8. The van der Waals surface area contributed by atoms with Gasteiger partial charge in [0.2, 0.25) is 0 Å². The Hall–Kier alpha value is -0.890. The van der Waals surface area contributed by atoms with E-state index in [1.165, 1.54) is 11.1 Å². The molecule has 266 valence electrons. The number of rotatable bonds is 13. The van der Waals surface area contributed by atoms with Gasteiger partial charge in [0.25, 0.3) is 0 Å². The molecule has 0 saturated heterocycles. The van der Waals surface area contributed by atoms with Gasteiger partial charge in [0.1, 0.15) is 0 Å². The van der Waals surface area contributed by atoms with Crippen molar-refractivity contribution in [1.82, 2.24) is 0 Å². The van der Waals surface area contributed by atoms with Crippen molar-refractivity contribution >= 4 is 43.2 Å². The average molecular weight is 773 g/mol. The van der Waals surface area contributed by atoms with Gasteiger partial charge in [0.15, 0.2) is 0 Å². The SMILES string of the molecule is CC1(C)/C(=C\C=C2/CCCC(/C=C/C3N(CCCCS(=O)(=O)[O-])c4ccccc4C3(C)C)=C2Cl)N(CCCCS(=O)(=O)[O-])c2ccccc21.[Na+].[Na+]. The number of para-hydroxylation sites is 2. The Labute approximate surface area is 354 Å². The number of halogens is 1. The molecule has 0 bridgehead atoms. The second kappa shape index (κ2) is 18.2. The van der Waals surface area contributed by atoms with Crippen LogP contribution in [0.3, 0.4) is 0 Å². The summed E-state index contributed by atoms with van der Waals surface area (Å²) in [6.07, 6.45) is 13.1. The molecule has 0 radical (unpaired) electrons. The zero-order chi connectivity index (χ0) is 35.6. The van der Waals surface area contributed by atoms with E-state index >= 15 is 0 Å². The van der Waals surface area contributed by atoms with E-state index in [0.717, 1.165) is 52.5 Å². The van der Waals surface area contributed by atoms with Crippen molar-refractivity contribution in [2.75, 3.05) is 34.4 Å². The van der Waals surface area contributed by atoms with Gasteiger partial charge in [-0.2, -0.15) is 0 Å². The second-order valence-electron chi connectivity index (χ2n) is 14.4. The van der Waals surface area contributed by atoms with Gasteiger partial charge < -0.3 is 18.9 Å². The Morgan fingerprint density at radius 1 is 0.784 bits per heavy atom. The van der Waals surface area contributed by atoms with Gasteiger partial charge >= 0.3 is 59.1 Å². The van der Waals surface area contributed by atoms with E-state index in [1.807, 2.05) is 24.3 Å². The first-order valence-corrected chi connectivity index (χ1v) is 20.6. The fraction of sp³-hybridized carbons (Fsp3) is 0.474. The van der Waals surface area contributed by atoms with Crippen LogP contribution in [0.4, 0.5) is 11.4 Å². The van der Waals surface area contributed by atoms with Crippen LogP contribution in [-0.4, -0.2) is 56.6 Å². The Bertz CT molecular complexity index is 1910.